The van der Waals surface area contributed by atoms with E-state index in [-0.39, 0.29) is 6.03 Å². The quantitative estimate of drug-likeness (QED) is 0.817. The second-order valence-electron chi connectivity index (χ2n) is 5.23. The number of nitrogens with one attached hydrogen (secondary N) is 1. The summed E-state index contributed by atoms with van der Waals surface area (Å²) in [7, 11) is 0. The van der Waals surface area contributed by atoms with Gasteiger partial charge in [0.05, 0.1) is 0 Å². The van der Waals surface area contributed by atoms with Crippen molar-refractivity contribution in [3.8, 4) is 0 Å². The van der Waals surface area contributed by atoms with E-state index >= 15 is 0 Å². The molecule has 2 amide bonds. The fourth-order valence-corrected chi connectivity index (χ4v) is 2.42. The molecule has 1 aliphatic heterocycles. The van der Waals surface area contributed by atoms with Crippen molar-refractivity contribution in [1.29, 1.82) is 0 Å². The number of piperazine rings is 1. The van der Waals surface area contributed by atoms with Crippen molar-refractivity contribution in [2.45, 2.75) is 46.7 Å². The minimum atomic E-state index is 0.196. The molecular weight excluding hydrogens is 214 g/mol. The Morgan fingerprint density at radius 1 is 1.41 bits per heavy atom. The molecule has 1 aliphatic rings. The van der Waals surface area contributed by atoms with Gasteiger partial charge in [-0.3, -0.25) is 0 Å². The van der Waals surface area contributed by atoms with Crippen molar-refractivity contribution in [2.75, 3.05) is 26.2 Å². The molecule has 1 fully saturated rings. The van der Waals surface area contributed by atoms with Crippen LogP contribution < -0.4 is 5.32 Å². The van der Waals surface area contributed by atoms with Crippen LogP contribution in [0.2, 0.25) is 0 Å². The van der Waals surface area contributed by atoms with Gasteiger partial charge in [-0.25, -0.2) is 4.79 Å². The van der Waals surface area contributed by atoms with Crippen LogP contribution in [-0.2, 0) is 0 Å². The molecule has 100 valence electrons. The molecule has 2 atom stereocenters. The molecule has 4 heteroatoms. The van der Waals surface area contributed by atoms with Crippen molar-refractivity contribution < 1.29 is 4.79 Å². The van der Waals surface area contributed by atoms with Crippen LogP contribution in [0.5, 0.6) is 0 Å². The summed E-state index contributed by atoms with van der Waals surface area (Å²) in [5.41, 5.74) is 0. The van der Waals surface area contributed by atoms with Crippen LogP contribution in [0, 0.1) is 5.92 Å². The van der Waals surface area contributed by atoms with Gasteiger partial charge in [0.15, 0.2) is 0 Å². The number of hydrogen-bond acceptors (Lipinski definition) is 2. The number of hydrogen-bond donors (Lipinski definition) is 1. The fraction of sp³-hybridized carbons (Fsp3) is 0.923. The van der Waals surface area contributed by atoms with Crippen LogP contribution in [0.15, 0.2) is 0 Å². The first-order chi connectivity index (χ1) is 8.01. The Balaban J connectivity index is 2.78. The first kappa shape index (κ1) is 14.3. The van der Waals surface area contributed by atoms with E-state index in [1.807, 2.05) is 18.7 Å². The van der Waals surface area contributed by atoms with Gasteiger partial charge in [-0.05, 0) is 26.7 Å². The van der Waals surface area contributed by atoms with E-state index in [1.165, 1.54) is 0 Å². The van der Waals surface area contributed by atoms with E-state index in [4.69, 9.17) is 0 Å². The standard InChI is InChI=1S/C13H27N3O/c1-6-15(7-2)13(17)16-9-11(5)14-8-12(16)10(3)4/h10-12,14H,6-9H2,1-5H3. The lowest BCUT2D eigenvalue weighted by Gasteiger charge is -2.43. The fourth-order valence-electron chi connectivity index (χ4n) is 2.42. The summed E-state index contributed by atoms with van der Waals surface area (Å²) in [5.74, 6) is 0.495. The van der Waals surface area contributed by atoms with E-state index in [1.54, 1.807) is 0 Å². The SMILES string of the molecule is CCN(CC)C(=O)N1CC(C)NCC1C(C)C. The largest absolute Gasteiger partial charge is 0.325 e. The van der Waals surface area contributed by atoms with Crippen molar-refractivity contribution in [2.24, 2.45) is 5.92 Å². The van der Waals surface area contributed by atoms with E-state index in [2.05, 4.69) is 31.0 Å². The number of nitrogens with zero attached hydrogens (tertiary/aromatic N) is 2. The van der Waals surface area contributed by atoms with Crippen molar-refractivity contribution in [1.82, 2.24) is 15.1 Å². The molecule has 2 unspecified atom stereocenters. The number of carbonyl (C=O) groups excluding carboxylic acids is 1. The number of urea groups is 1. The number of carbonyl (C=O) groups is 1. The second kappa shape index (κ2) is 6.24. The van der Waals surface area contributed by atoms with Gasteiger partial charge in [-0.2, -0.15) is 0 Å². The molecule has 0 aliphatic carbocycles. The van der Waals surface area contributed by atoms with Gasteiger partial charge in [0.2, 0.25) is 0 Å². The van der Waals surface area contributed by atoms with Gasteiger partial charge in [-0.15, -0.1) is 0 Å². The molecule has 0 radical (unpaired) electrons. The normalized spacial score (nSPS) is 25.2. The van der Waals surface area contributed by atoms with Gasteiger partial charge in [-0.1, -0.05) is 13.8 Å². The van der Waals surface area contributed by atoms with Gasteiger partial charge in [0, 0.05) is 38.3 Å². The van der Waals surface area contributed by atoms with Crippen LogP contribution in [0.4, 0.5) is 4.79 Å². The first-order valence-corrected chi connectivity index (χ1v) is 6.80. The molecule has 0 spiro atoms. The minimum absolute atomic E-state index is 0.196. The molecule has 0 aromatic rings. The maximum atomic E-state index is 12.4. The molecule has 0 bridgehead atoms. The maximum absolute atomic E-state index is 12.4. The van der Waals surface area contributed by atoms with Gasteiger partial charge in [0.25, 0.3) is 0 Å². The van der Waals surface area contributed by atoms with E-state index < -0.39 is 0 Å². The van der Waals surface area contributed by atoms with Crippen LogP contribution in [0.3, 0.4) is 0 Å². The Kier molecular flexibility index (Phi) is 5.25. The molecule has 1 rings (SSSR count). The van der Waals surface area contributed by atoms with Crippen LogP contribution in [0.1, 0.15) is 34.6 Å². The number of amides is 2. The molecule has 1 N–H and O–H groups in total. The monoisotopic (exact) mass is 241 g/mol. The predicted octanol–water partition coefficient (Wildman–Crippen LogP) is 1.77. The summed E-state index contributed by atoms with van der Waals surface area (Å²) in [4.78, 5) is 16.4. The third-order valence-electron chi connectivity index (χ3n) is 3.60. The van der Waals surface area contributed by atoms with Crippen LogP contribution in [-0.4, -0.2) is 54.1 Å². The Labute approximate surface area is 105 Å². The summed E-state index contributed by atoms with van der Waals surface area (Å²) >= 11 is 0. The Morgan fingerprint density at radius 3 is 2.47 bits per heavy atom. The third-order valence-corrected chi connectivity index (χ3v) is 3.60. The zero-order valence-corrected chi connectivity index (χ0v) is 11.9. The second-order valence-corrected chi connectivity index (χ2v) is 5.23. The maximum Gasteiger partial charge on any atom is 0.320 e. The average Bonchev–Trinajstić information content (AvgIpc) is 2.29. The molecule has 4 nitrogen and oxygen atoms in total. The molecule has 1 heterocycles. The summed E-state index contributed by atoms with van der Waals surface area (Å²) < 4.78 is 0. The Hall–Kier alpha value is -0.770. The van der Waals surface area contributed by atoms with Crippen molar-refractivity contribution in [3.63, 3.8) is 0 Å². The van der Waals surface area contributed by atoms with Crippen molar-refractivity contribution >= 4 is 6.03 Å². The summed E-state index contributed by atoms with van der Waals surface area (Å²) in [6.07, 6.45) is 0. The highest BCUT2D eigenvalue weighted by Gasteiger charge is 2.33. The van der Waals surface area contributed by atoms with Crippen LogP contribution >= 0.6 is 0 Å². The number of rotatable bonds is 3. The van der Waals surface area contributed by atoms with Gasteiger partial charge >= 0.3 is 6.03 Å². The van der Waals surface area contributed by atoms with E-state index in [9.17, 15) is 4.79 Å². The lowest BCUT2D eigenvalue weighted by molar-refractivity contribution is 0.0947. The molecule has 1 saturated heterocycles. The topological polar surface area (TPSA) is 35.6 Å². The first-order valence-electron chi connectivity index (χ1n) is 6.80. The van der Waals surface area contributed by atoms with E-state index in [0.717, 1.165) is 26.2 Å². The van der Waals surface area contributed by atoms with E-state index in [0.29, 0.717) is 18.0 Å². The molecular formula is C13H27N3O. The highest BCUT2D eigenvalue weighted by molar-refractivity contribution is 5.75. The lowest BCUT2D eigenvalue weighted by Crippen LogP contribution is -2.61. The minimum Gasteiger partial charge on any atom is -0.325 e. The van der Waals surface area contributed by atoms with Gasteiger partial charge < -0.3 is 15.1 Å². The summed E-state index contributed by atoms with van der Waals surface area (Å²) in [6, 6.07) is 0.908. The lowest BCUT2D eigenvalue weighted by atomic mass is 9.99. The zero-order chi connectivity index (χ0) is 13.0. The van der Waals surface area contributed by atoms with Crippen molar-refractivity contribution in [3.05, 3.63) is 0 Å². The molecule has 0 aromatic carbocycles. The third kappa shape index (κ3) is 3.35. The predicted molar refractivity (Wildman–Crippen MR) is 71.1 cm³/mol. The molecule has 17 heavy (non-hydrogen) atoms. The smallest absolute Gasteiger partial charge is 0.320 e. The average molecular weight is 241 g/mol. The molecule has 0 saturated carbocycles. The zero-order valence-electron chi connectivity index (χ0n) is 11.9. The summed E-state index contributed by atoms with van der Waals surface area (Å²) in [5, 5.41) is 3.46. The van der Waals surface area contributed by atoms with Gasteiger partial charge in [0.1, 0.15) is 0 Å². The Morgan fingerprint density at radius 2 is 2.00 bits per heavy atom. The molecule has 0 aromatic heterocycles. The summed E-state index contributed by atoms with van der Waals surface area (Å²) in [6.45, 7) is 13.9. The Bertz CT molecular complexity index is 251. The van der Waals surface area contributed by atoms with Crippen LogP contribution in [0.25, 0.3) is 0 Å². The highest BCUT2D eigenvalue weighted by Crippen LogP contribution is 2.17. The highest BCUT2D eigenvalue weighted by atomic mass is 16.2.